The average molecular weight is 89.1 g/mol. The molecule has 1 aliphatic rings. The summed E-state index contributed by atoms with van der Waals surface area (Å²) in [5.41, 5.74) is 5.15. The SMILES string of the molecule is N[C@H]1CCC1F. The van der Waals surface area contributed by atoms with Crippen LogP contribution < -0.4 is 5.73 Å². The van der Waals surface area contributed by atoms with Crippen LogP contribution in [0.25, 0.3) is 0 Å². The molecule has 1 nitrogen and oxygen atoms in total. The van der Waals surface area contributed by atoms with Gasteiger partial charge in [0.25, 0.3) is 0 Å². The molecule has 2 N–H and O–H groups in total. The maximum Gasteiger partial charge on any atom is 0.115 e. The molecule has 0 aliphatic heterocycles. The highest BCUT2D eigenvalue weighted by Gasteiger charge is 2.25. The summed E-state index contributed by atoms with van der Waals surface area (Å²) in [5, 5.41) is 0. The molecule has 0 aromatic heterocycles. The first-order valence-corrected chi connectivity index (χ1v) is 2.20. The van der Waals surface area contributed by atoms with Crippen molar-refractivity contribution in [2.75, 3.05) is 0 Å². The standard InChI is InChI=1S/C4H8FN/c5-3-1-2-4(3)6/h3-4H,1-2,6H2/t3?,4-/m0/s1. The lowest BCUT2D eigenvalue weighted by Gasteiger charge is -2.25. The average Bonchev–Trinajstić information content (AvgIpc) is 1.61. The van der Waals surface area contributed by atoms with Gasteiger partial charge in [0.05, 0.1) is 0 Å². The smallest absolute Gasteiger partial charge is 0.115 e. The first-order valence-electron chi connectivity index (χ1n) is 2.20. The molecule has 1 rings (SSSR count). The molecule has 1 unspecified atom stereocenters. The fraction of sp³-hybridized carbons (Fsp3) is 1.00. The number of hydrogen-bond acceptors (Lipinski definition) is 1. The number of rotatable bonds is 0. The summed E-state index contributed by atoms with van der Waals surface area (Å²) in [6.07, 6.45) is 0.868. The van der Waals surface area contributed by atoms with Gasteiger partial charge in [-0.25, -0.2) is 4.39 Å². The first kappa shape index (κ1) is 4.06. The zero-order valence-electron chi connectivity index (χ0n) is 3.52. The van der Waals surface area contributed by atoms with E-state index in [9.17, 15) is 4.39 Å². The van der Waals surface area contributed by atoms with E-state index < -0.39 is 6.17 Å². The van der Waals surface area contributed by atoms with Gasteiger partial charge in [-0.3, -0.25) is 0 Å². The predicted molar refractivity (Wildman–Crippen MR) is 22.1 cm³/mol. The molecule has 6 heavy (non-hydrogen) atoms. The molecule has 2 atom stereocenters. The van der Waals surface area contributed by atoms with Crippen molar-refractivity contribution in [1.82, 2.24) is 0 Å². The van der Waals surface area contributed by atoms with Crippen molar-refractivity contribution >= 4 is 0 Å². The van der Waals surface area contributed by atoms with E-state index in [1.165, 1.54) is 0 Å². The van der Waals surface area contributed by atoms with Crippen LogP contribution in [0.3, 0.4) is 0 Å². The van der Waals surface area contributed by atoms with Crippen LogP contribution in [-0.4, -0.2) is 12.2 Å². The molecule has 0 bridgehead atoms. The highest BCUT2D eigenvalue weighted by Crippen LogP contribution is 2.19. The van der Waals surface area contributed by atoms with Crippen LogP contribution in [0, 0.1) is 0 Å². The van der Waals surface area contributed by atoms with Gasteiger partial charge in [0.2, 0.25) is 0 Å². The van der Waals surface area contributed by atoms with Crippen molar-refractivity contribution < 1.29 is 4.39 Å². The number of hydrogen-bond donors (Lipinski definition) is 1. The normalized spacial score (nSPS) is 45.0. The Bertz CT molecular complexity index is 47.5. The molecule has 1 fully saturated rings. The molecule has 1 aliphatic carbocycles. The van der Waals surface area contributed by atoms with Crippen LogP contribution in [0.2, 0.25) is 0 Å². The second kappa shape index (κ2) is 1.19. The van der Waals surface area contributed by atoms with E-state index in [0.29, 0.717) is 6.42 Å². The summed E-state index contributed by atoms with van der Waals surface area (Å²) >= 11 is 0. The van der Waals surface area contributed by atoms with Crippen LogP contribution >= 0.6 is 0 Å². The Hall–Kier alpha value is -0.110. The van der Waals surface area contributed by atoms with E-state index in [-0.39, 0.29) is 6.04 Å². The van der Waals surface area contributed by atoms with Crippen LogP contribution in [0.5, 0.6) is 0 Å². The maximum atomic E-state index is 11.8. The summed E-state index contributed by atoms with van der Waals surface area (Å²) in [4.78, 5) is 0. The van der Waals surface area contributed by atoms with Crippen LogP contribution in [-0.2, 0) is 0 Å². The van der Waals surface area contributed by atoms with Crippen LogP contribution in [0.1, 0.15) is 12.8 Å². The zero-order valence-corrected chi connectivity index (χ0v) is 3.52. The minimum atomic E-state index is -0.690. The quantitative estimate of drug-likeness (QED) is 0.458. The largest absolute Gasteiger partial charge is 0.325 e. The molecule has 0 amide bonds. The van der Waals surface area contributed by atoms with Gasteiger partial charge >= 0.3 is 0 Å². The molecule has 0 heterocycles. The van der Waals surface area contributed by atoms with Crippen molar-refractivity contribution in [3.05, 3.63) is 0 Å². The molecule has 1 saturated carbocycles. The molecule has 0 radical (unpaired) electrons. The second-order valence-electron chi connectivity index (χ2n) is 1.76. The summed E-state index contributed by atoms with van der Waals surface area (Å²) < 4.78 is 11.8. The van der Waals surface area contributed by atoms with E-state index in [1.54, 1.807) is 0 Å². The van der Waals surface area contributed by atoms with Gasteiger partial charge in [-0.15, -0.1) is 0 Å². The van der Waals surface area contributed by atoms with E-state index in [0.717, 1.165) is 6.42 Å². The monoisotopic (exact) mass is 89.1 g/mol. The zero-order chi connectivity index (χ0) is 4.57. The Balaban J connectivity index is 2.20. The summed E-state index contributed by atoms with van der Waals surface area (Å²) in [7, 11) is 0. The van der Waals surface area contributed by atoms with Crippen molar-refractivity contribution in [2.45, 2.75) is 25.1 Å². The van der Waals surface area contributed by atoms with Crippen LogP contribution in [0.4, 0.5) is 4.39 Å². The Morgan fingerprint density at radius 2 is 2.00 bits per heavy atom. The Morgan fingerprint density at radius 3 is 2.00 bits per heavy atom. The van der Waals surface area contributed by atoms with Crippen molar-refractivity contribution in [3.8, 4) is 0 Å². The predicted octanol–water partition coefficient (Wildman–Crippen LogP) is 0.446. The second-order valence-corrected chi connectivity index (χ2v) is 1.76. The number of nitrogens with two attached hydrogens (primary N) is 1. The van der Waals surface area contributed by atoms with Gasteiger partial charge in [-0.05, 0) is 12.8 Å². The van der Waals surface area contributed by atoms with Crippen LogP contribution in [0.15, 0.2) is 0 Å². The number of alkyl halides is 1. The third-order valence-electron chi connectivity index (χ3n) is 1.24. The van der Waals surface area contributed by atoms with Crippen molar-refractivity contribution in [2.24, 2.45) is 5.73 Å². The van der Waals surface area contributed by atoms with E-state index >= 15 is 0 Å². The summed E-state index contributed by atoms with van der Waals surface area (Å²) in [5.74, 6) is 0. The lowest BCUT2D eigenvalue weighted by Crippen LogP contribution is -2.40. The fourth-order valence-electron chi connectivity index (χ4n) is 0.485. The topological polar surface area (TPSA) is 26.0 Å². The minimum Gasteiger partial charge on any atom is -0.325 e. The third kappa shape index (κ3) is 0.411. The lowest BCUT2D eigenvalue weighted by molar-refractivity contribution is 0.173. The molecular weight excluding hydrogens is 81.0 g/mol. The Morgan fingerprint density at radius 1 is 1.50 bits per heavy atom. The molecule has 0 aromatic rings. The van der Waals surface area contributed by atoms with Crippen molar-refractivity contribution in [3.63, 3.8) is 0 Å². The van der Waals surface area contributed by atoms with Gasteiger partial charge in [0.1, 0.15) is 6.17 Å². The highest BCUT2D eigenvalue weighted by molar-refractivity contribution is 4.82. The van der Waals surface area contributed by atoms with Gasteiger partial charge < -0.3 is 5.73 Å². The van der Waals surface area contributed by atoms with Gasteiger partial charge in [0.15, 0.2) is 0 Å². The molecular formula is C4H8FN. The highest BCUT2D eigenvalue weighted by atomic mass is 19.1. The summed E-state index contributed by atoms with van der Waals surface area (Å²) in [6, 6.07) is -0.134. The summed E-state index contributed by atoms with van der Waals surface area (Å²) in [6.45, 7) is 0. The Labute approximate surface area is 36.3 Å². The van der Waals surface area contributed by atoms with E-state index in [2.05, 4.69) is 0 Å². The number of halogens is 1. The minimum absolute atomic E-state index is 0.134. The van der Waals surface area contributed by atoms with E-state index in [4.69, 9.17) is 5.73 Å². The van der Waals surface area contributed by atoms with Gasteiger partial charge in [-0.1, -0.05) is 0 Å². The van der Waals surface area contributed by atoms with E-state index in [1.807, 2.05) is 0 Å². The first-order chi connectivity index (χ1) is 2.80. The Kier molecular flexibility index (Phi) is 0.804. The molecule has 36 valence electrons. The third-order valence-corrected chi connectivity index (χ3v) is 1.24. The van der Waals surface area contributed by atoms with Gasteiger partial charge in [0, 0.05) is 6.04 Å². The lowest BCUT2D eigenvalue weighted by atomic mass is 9.92. The molecule has 2 heteroatoms. The van der Waals surface area contributed by atoms with Gasteiger partial charge in [-0.2, -0.15) is 0 Å². The fourth-order valence-corrected chi connectivity index (χ4v) is 0.485. The van der Waals surface area contributed by atoms with Crippen molar-refractivity contribution in [1.29, 1.82) is 0 Å². The molecule has 0 saturated heterocycles. The maximum absolute atomic E-state index is 11.8. The molecule has 0 aromatic carbocycles. The molecule has 0 spiro atoms.